The van der Waals surface area contributed by atoms with Crippen LogP contribution >= 0.6 is 15.9 Å². The van der Waals surface area contributed by atoms with Crippen LogP contribution in [0, 0.1) is 13.8 Å². The molecule has 4 rings (SSSR count). The van der Waals surface area contributed by atoms with Crippen molar-refractivity contribution in [2.24, 2.45) is 4.99 Å². The summed E-state index contributed by atoms with van der Waals surface area (Å²) in [6.45, 7) is 3.95. The number of rotatable bonds is 3. The van der Waals surface area contributed by atoms with Crippen molar-refractivity contribution in [3.05, 3.63) is 75.3 Å². The number of fused-ring (bicyclic) bond motifs is 3. The van der Waals surface area contributed by atoms with Crippen LogP contribution in [0.5, 0.6) is 0 Å². The molecule has 1 aliphatic heterocycles. The van der Waals surface area contributed by atoms with Crippen LogP contribution in [0.4, 0.5) is 0 Å². The molecule has 0 saturated heterocycles. The third kappa shape index (κ3) is 3.26. The molecule has 0 unspecified atom stereocenters. The number of halogens is 1. The Bertz CT molecular complexity index is 1090. The van der Waals surface area contributed by atoms with Crippen molar-refractivity contribution < 1.29 is 9.53 Å². The summed E-state index contributed by atoms with van der Waals surface area (Å²) in [5.41, 5.74) is 4.87. The van der Waals surface area contributed by atoms with Gasteiger partial charge in [-0.3, -0.25) is 14.4 Å². The van der Waals surface area contributed by atoms with Crippen molar-refractivity contribution in [2.45, 2.75) is 26.3 Å². The van der Waals surface area contributed by atoms with Crippen molar-refractivity contribution in [1.82, 2.24) is 14.8 Å². The molecule has 0 aliphatic carbocycles. The number of esters is 1. The fourth-order valence-electron chi connectivity index (χ4n) is 3.43. The molecule has 2 aromatic carbocycles. The van der Waals surface area contributed by atoms with E-state index in [1.165, 1.54) is 7.11 Å². The molecule has 1 aromatic heterocycles. The number of methoxy groups -OCH3 is 1. The molecule has 1 atom stereocenters. The molecule has 0 fully saturated rings. The van der Waals surface area contributed by atoms with Gasteiger partial charge in [-0.15, -0.1) is 10.2 Å². The van der Waals surface area contributed by atoms with Gasteiger partial charge in [-0.05, 0) is 38.1 Å². The van der Waals surface area contributed by atoms with Crippen LogP contribution in [-0.4, -0.2) is 33.6 Å². The fourth-order valence-corrected chi connectivity index (χ4v) is 3.69. The fraction of sp³-hybridized carbons (Fsp3) is 0.238. The van der Waals surface area contributed by atoms with Gasteiger partial charge in [-0.2, -0.15) is 0 Å². The van der Waals surface area contributed by atoms with Gasteiger partial charge < -0.3 is 4.74 Å². The maximum absolute atomic E-state index is 12.1. The van der Waals surface area contributed by atoms with Crippen LogP contribution in [0.1, 0.15) is 40.8 Å². The van der Waals surface area contributed by atoms with Gasteiger partial charge in [0.1, 0.15) is 11.9 Å². The van der Waals surface area contributed by atoms with E-state index in [1.54, 1.807) is 0 Å². The summed E-state index contributed by atoms with van der Waals surface area (Å²) in [5, 5.41) is 8.58. The molecule has 0 N–H and O–H groups in total. The Labute approximate surface area is 171 Å². The maximum Gasteiger partial charge on any atom is 0.308 e. The van der Waals surface area contributed by atoms with Gasteiger partial charge in [-0.1, -0.05) is 39.7 Å². The molecule has 3 aromatic rings. The second-order valence-electron chi connectivity index (χ2n) is 6.74. The highest BCUT2D eigenvalue weighted by molar-refractivity contribution is 9.10. The molecule has 6 nitrogen and oxygen atoms in total. The SMILES string of the molecule is COC(=O)C[C@@H]1N=C(c2ccc(Br)cc2)c2cc(C)ccc2-n2c(C)nnc21. The van der Waals surface area contributed by atoms with E-state index in [0.29, 0.717) is 5.82 Å². The smallest absolute Gasteiger partial charge is 0.308 e. The lowest BCUT2D eigenvalue weighted by molar-refractivity contribution is -0.141. The number of aryl methyl sites for hydroxylation is 2. The third-order valence-corrected chi connectivity index (χ3v) is 5.31. The number of carbonyl (C=O) groups is 1. The third-order valence-electron chi connectivity index (χ3n) is 4.79. The van der Waals surface area contributed by atoms with E-state index in [9.17, 15) is 4.79 Å². The van der Waals surface area contributed by atoms with Gasteiger partial charge in [-0.25, -0.2) is 0 Å². The summed E-state index contributed by atoms with van der Waals surface area (Å²) in [7, 11) is 1.38. The lowest BCUT2D eigenvalue weighted by Crippen LogP contribution is -2.12. The second-order valence-corrected chi connectivity index (χ2v) is 7.66. The minimum atomic E-state index is -0.486. The first kappa shape index (κ1) is 18.6. The molecule has 0 radical (unpaired) electrons. The number of hydrogen-bond donors (Lipinski definition) is 0. The lowest BCUT2D eigenvalue weighted by atomic mass is 9.98. The zero-order chi connectivity index (χ0) is 19.8. The monoisotopic (exact) mass is 438 g/mol. The first-order chi connectivity index (χ1) is 13.5. The summed E-state index contributed by atoms with van der Waals surface area (Å²) in [5.74, 6) is 1.06. The van der Waals surface area contributed by atoms with Crippen molar-refractivity contribution in [2.75, 3.05) is 7.11 Å². The van der Waals surface area contributed by atoms with Crippen LogP contribution in [0.15, 0.2) is 51.9 Å². The Morgan fingerprint density at radius 1 is 1.14 bits per heavy atom. The van der Waals surface area contributed by atoms with Gasteiger partial charge >= 0.3 is 5.97 Å². The highest BCUT2D eigenvalue weighted by Gasteiger charge is 2.29. The number of ether oxygens (including phenoxy) is 1. The van der Waals surface area contributed by atoms with Gasteiger partial charge in [0.2, 0.25) is 0 Å². The quantitative estimate of drug-likeness (QED) is 0.577. The summed E-state index contributed by atoms with van der Waals surface area (Å²) in [6, 6.07) is 13.7. The zero-order valence-electron chi connectivity index (χ0n) is 15.8. The van der Waals surface area contributed by atoms with E-state index in [-0.39, 0.29) is 12.4 Å². The van der Waals surface area contributed by atoms with Crippen molar-refractivity contribution in [3.8, 4) is 5.69 Å². The van der Waals surface area contributed by atoms with Crippen molar-refractivity contribution >= 4 is 27.6 Å². The van der Waals surface area contributed by atoms with Gasteiger partial charge in [0.25, 0.3) is 0 Å². The average Bonchev–Trinajstić information content (AvgIpc) is 3.01. The minimum absolute atomic E-state index is 0.0988. The Morgan fingerprint density at radius 2 is 1.89 bits per heavy atom. The Hall–Kier alpha value is -2.80. The number of nitrogens with zero attached hydrogens (tertiary/aromatic N) is 4. The normalized spacial score (nSPS) is 15.3. The van der Waals surface area contributed by atoms with E-state index in [4.69, 9.17) is 9.73 Å². The highest BCUT2D eigenvalue weighted by atomic mass is 79.9. The molecule has 7 heteroatoms. The van der Waals surface area contributed by atoms with E-state index in [2.05, 4.69) is 51.3 Å². The molecule has 0 bridgehead atoms. The molecule has 28 heavy (non-hydrogen) atoms. The molecule has 0 amide bonds. The molecule has 142 valence electrons. The summed E-state index contributed by atoms with van der Waals surface area (Å²) in [6.07, 6.45) is 0.0988. The first-order valence-corrected chi connectivity index (χ1v) is 9.71. The number of benzene rings is 2. The predicted molar refractivity (Wildman–Crippen MR) is 110 cm³/mol. The summed E-state index contributed by atoms with van der Waals surface area (Å²) >= 11 is 3.49. The Morgan fingerprint density at radius 3 is 2.61 bits per heavy atom. The predicted octanol–water partition coefficient (Wildman–Crippen LogP) is 4.10. The molecular formula is C21H19BrN4O2. The summed E-state index contributed by atoms with van der Waals surface area (Å²) in [4.78, 5) is 17.0. The van der Waals surface area contributed by atoms with Crippen LogP contribution in [0.3, 0.4) is 0 Å². The number of aliphatic imine (C=N–C) groups is 1. The molecular weight excluding hydrogens is 420 g/mol. The van der Waals surface area contributed by atoms with E-state index >= 15 is 0 Å². The van der Waals surface area contributed by atoms with Gasteiger partial charge in [0, 0.05) is 15.6 Å². The second kappa shape index (κ2) is 7.31. The Balaban J connectivity index is 1.99. The zero-order valence-corrected chi connectivity index (χ0v) is 17.4. The standard InChI is InChI=1S/C21H19BrN4O2/c1-12-4-9-18-16(10-12)20(14-5-7-15(22)8-6-14)23-17(11-19(27)28-3)21-25-24-13(2)26(18)21/h4-10,17H,11H2,1-3H3/t17-/m0/s1. The molecule has 2 heterocycles. The number of hydrogen-bond acceptors (Lipinski definition) is 5. The molecule has 0 saturated carbocycles. The van der Waals surface area contributed by atoms with E-state index < -0.39 is 6.04 Å². The topological polar surface area (TPSA) is 69.4 Å². The number of carbonyl (C=O) groups excluding carboxylic acids is 1. The van der Waals surface area contributed by atoms with E-state index in [1.807, 2.05) is 35.8 Å². The van der Waals surface area contributed by atoms with Crippen LogP contribution in [-0.2, 0) is 9.53 Å². The maximum atomic E-state index is 12.1. The molecule has 0 spiro atoms. The van der Waals surface area contributed by atoms with Crippen molar-refractivity contribution in [1.29, 1.82) is 0 Å². The highest BCUT2D eigenvalue weighted by Crippen LogP contribution is 2.33. The van der Waals surface area contributed by atoms with E-state index in [0.717, 1.165) is 38.4 Å². The first-order valence-electron chi connectivity index (χ1n) is 8.92. The van der Waals surface area contributed by atoms with Gasteiger partial charge in [0.05, 0.1) is 24.9 Å². The minimum Gasteiger partial charge on any atom is -0.469 e. The van der Waals surface area contributed by atoms with Crippen LogP contribution < -0.4 is 0 Å². The Kier molecular flexibility index (Phi) is 4.85. The lowest BCUT2D eigenvalue weighted by Gasteiger charge is -2.13. The summed E-state index contributed by atoms with van der Waals surface area (Å²) < 4.78 is 7.87. The van der Waals surface area contributed by atoms with Crippen LogP contribution in [0.2, 0.25) is 0 Å². The average molecular weight is 439 g/mol. The van der Waals surface area contributed by atoms with Gasteiger partial charge in [0.15, 0.2) is 5.82 Å². The largest absolute Gasteiger partial charge is 0.469 e. The van der Waals surface area contributed by atoms with Crippen LogP contribution in [0.25, 0.3) is 5.69 Å². The number of aromatic nitrogens is 3. The van der Waals surface area contributed by atoms with Crippen molar-refractivity contribution in [3.63, 3.8) is 0 Å². The molecule has 1 aliphatic rings.